The first-order valence-corrected chi connectivity index (χ1v) is 16.7. The summed E-state index contributed by atoms with van der Waals surface area (Å²) in [7, 11) is 5.53. The Morgan fingerprint density at radius 2 is 1.67 bits per heavy atom. The summed E-state index contributed by atoms with van der Waals surface area (Å²) in [4.78, 5) is 49.5. The molecule has 2 aliphatic heterocycles. The molecule has 0 bridgehead atoms. The maximum Gasteiger partial charge on any atom is 0.287 e. The van der Waals surface area contributed by atoms with E-state index in [2.05, 4.69) is 30.5 Å². The second kappa shape index (κ2) is 12.8. The molecule has 250 valence electrons. The highest BCUT2D eigenvalue weighted by molar-refractivity contribution is 6.30. The van der Waals surface area contributed by atoms with Gasteiger partial charge in [-0.3, -0.25) is 28.9 Å². The smallest absolute Gasteiger partial charge is 0.287 e. The van der Waals surface area contributed by atoms with Gasteiger partial charge in [0.2, 0.25) is 5.82 Å². The average Bonchev–Trinajstić information content (AvgIpc) is 3.64. The molecule has 4 heterocycles. The third-order valence-corrected chi connectivity index (χ3v) is 10.2. The van der Waals surface area contributed by atoms with Gasteiger partial charge in [0.25, 0.3) is 17.7 Å². The molecule has 1 aliphatic carbocycles. The highest BCUT2D eigenvalue weighted by Gasteiger charge is 2.50. The first kappa shape index (κ1) is 32.0. The van der Waals surface area contributed by atoms with Crippen molar-refractivity contribution in [1.29, 1.82) is 0 Å². The first-order chi connectivity index (χ1) is 23.1. The third kappa shape index (κ3) is 5.88. The number of imidazole rings is 1. The van der Waals surface area contributed by atoms with Crippen molar-refractivity contribution >= 4 is 35.0 Å². The van der Waals surface area contributed by atoms with E-state index >= 15 is 0 Å². The van der Waals surface area contributed by atoms with Crippen LogP contribution in [0.4, 0.5) is 5.69 Å². The first-order valence-electron chi connectivity index (χ1n) is 16.4. The molecule has 4 aromatic rings. The molecule has 2 N–H and O–H groups in total. The van der Waals surface area contributed by atoms with Crippen molar-refractivity contribution in [2.75, 3.05) is 39.5 Å². The minimum absolute atomic E-state index is 0.0186. The molecule has 0 radical (unpaired) electrons. The molecule has 1 saturated carbocycles. The number of aromatic nitrogens is 4. The molecule has 3 amide bonds. The molecule has 12 nitrogen and oxygen atoms in total. The van der Waals surface area contributed by atoms with Gasteiger partial charge < -0.3 is 20.1 Å². The minimum Gasteiger partial charge on any atom is -0.345 e. The molecule has 7 rings (SSSR count). The number of hydrogen-bond donors (Lipinski definition) is 2. The summed E-state index contributed by atoms with van der Waals surface area (Å²) in [5.74, 6) is -0.160. The van der Waals surface area contributed by atoms with Crippen molar-refractivity contribution in [3.63, 3.8) is 0 Å². The van der Waals surface area contributed by atoms with E-state index in [1.807, 2.05) is 64.8 Å². The van der Waals surface area contributed by atoms with Crippen molar-refractivity contribution in [2.45, 2.75) is 57.5 Å². The summed E-state index contributed by atoms with van der Waals surface area (Å²) < 4.78 is 3.89. The Balaban J connectivity index is 0.992. The van der Waals surface area contributed by atoms with Gasteiger partial charge in [0, 0.05) is 64.6 Å². The lowest BCUT2D eigenvalue weighted by Gasteiger charge is -2.53. The van der Waals surface area contributed by atoms with Gasteiger partial charge in [0.05, 0.1) is 35.2 Å². The number of anilines is 1. The van der Waals surface area contributed by atoms with Gasteiger partial charge >= 0.3 is 0 Å². The fourth-order valence-electron chi connectivity index (χ4n) is 7.09. The van der Waals surface area contributed by atoms with Crippen LogP contribution in [0.2, 0.25) is 5.15 Å². The Hall–Kier alpha value is -4.52. The Morgan fingerprint density at radius 1 is 0.938 bits per heavy atom. The van der Waals surface area contributed by atoms with Crippen LogP contribution in [-0.2, 0) is 38.3 Å². The van der Waals surface area contributed by atoms with Gasteiger partial charge in [-0.2, -0.15) is 5.10 Å². The summed E-state index contributed by atoms with van der Waals surface area (Å²) in [6.07, 6.45) is 4.60. The van der Waals surface area contributed by atoms with E-state index in [1.54, 1.807) is 25.2 Å². The second-order valence-electron chi connectivity index (χ2n) is 13.2. The zero-order chi connectivity index (χ0) is 33.6. The number of carbonyl (C=O) groups is 3. The van der Waals surface area contributed by atoms with Gasteiger partial charge in [-0.25, -0.2) is 4.98 Å². The van der Waals surface area contributed by atoms with Gasteiger partial charge in [-0.1, -0.05) is 35.9 Å². The largest absolute Gasteiger partial charge is 0.345 e. The number of fused-ring (bicyclic) bond motifs is 3. The number of nitrogens with zero attached hydrogens (tertiary/aromatic N) is 7. The average molecular weight is 670 g/mol. The summed E-state index contributed by atoms with van der Waals surface area (Å²) in [6, 6.07) is 15.2. The number of halogens is 1. The maximum atomic E-state index is 13.4. The number of amides is 3. The van der Waals surface area contributed by atoms with Gasteiger partial charge in [-0.15, -0.1) is 0 Å². The van der Waals surface area contributed by atoms with E-state index in [9.17, 15) is 14.4 Å². The molecule has 1 fully saturated rings. The number of nitrogens with one attached hydrogen (secondary N) is 2. The zero-order valence-corrected chi connectivity index (χ0v) is 28.3. The van der Waals surface area contributed by atoms with Crippen LogP contribution in [0.25, 0.3) is 0 Å². The highest BCUT2D eigenvalue weighted by atomic mass is 35.5. The normalized spacial score (nSPS) is 16.9. The van der Waals surface area contributed by atoms with Crippen molar-refractivity contribution in [3.8, 4) is 0 Å². The molecular formula is C35H40ClN9O3. The Labute approximate surface area is 284 Å². The van der Waals surface area contributed by atoms with Gasteiger partial charge in [0.1, 0.15) is 0 Å². The lowest BCUT2D eigenvalue weighted by molar-refractivity contribution is -0.0216. The monoisotopic (exact) mass is 669 g/mol. The van der Waals surface area contributed by atoms with Crippen LogP contribution >= 0.6 is 11.6 Å². The number of rotatable bonds is 8. The number of benzene rings is 2. The minimum atomic E-state index is -0.277. The Bertz CT molecular complexity index is 1860. The fourth-order valence-corrected chi connectivity index (χ4v) is 7.45. The molecule has 13 heteroatoms. The summed E-state index contributed by atoms with van der Waals surface area (Å²) in [5.41, 5.74) is 5.49. The Morgan fingerprint density at radius 3 is 2.35 bits per heavy atom. The van der Waals surface area contributed by atoms with E-state index in [1.165, 1.54) is 0 Å². The lowest BCUT2D eigenvalue weighted by atomic mass is 9.71. The number of hydrogen-bond acceptors (Lipinski definition) is 7. The molecular weight excluding hydrogens is 630 g/mol. The molecule has 48 heavy (non-hydrogen) atoms. The van der Waals surface area contributed by atoms with Crippen molar-refractivity contribution < 1.29 is 14.4 Å². The molecule has 0 saturated heterocycles. The Kier molecular flexibility index (Phi) is 8.57. The van der Waals surface area contributed by atoms with Crippen LogP contribution in [0.5, 0.6) is 0 Å². The molecule has 0 atom stereocenters. The van der Waals surface area contributed by atoms with Crippen molar-refractivity contribution in [2.24, 2.45) is 0 Å². The van der Waals surface area contributed by atoms with E-state index in [0.717, 1.165) is 68.0 Å². The van der Waals surface area contributed by atoms with E-state index < -0.39 is 0 Å². The zero-order valence-electron chi connectivity index (χ0n) is 27.5. The lowest BCUT2D eigenvalue weighted by Crippen LogP contribution is -2.56. The SMILES string of the molecule is CN1CCn2ncc(C(=O)Nc3ccc(CNC(=O)c4nc(Cl)c5n4CCN(Cc4ccc(C(=O)N(C)C)cc4)C54CCC4)cc3)c2C1. The molecule has 1 spiro atoms. The van der Waals surface area contributed by atoms with Crippen LogP contribution in [0.1, 0.15) is 73.1 Å². The van der Waals surface area contributed by atoms with E-state index in [-0.39, 0.29) is 23.3 Å². The summed E-state index contributed by atoms with van der Waals surface area (Å²) >= 11 is 6.79. The van der Waals surface area contributed by atoms with E-state index in [0.29, 0.717) is 47.4 Å². The van der Waals surface area contributed by atoms with E-state index in [4.69, 9.17) is 11.6 Å². The predicted molar refractivity (Wildman–Crippen MR) is 182 cm³/mol. The van der Waals surface area contributed by atoms with Crippen LogP contribution in [-0.4, -0.2) is 86.0 Å². The maximum absolute atomic E-state index is 13.4. The van der Waals surface area contributed by atoms with Crippen LogP contribution in [0, 0.1) is 0 Å². The second-order valence-corrected chi connectivity index (χ2v) is 13.6. The standard InChI is InChI=1S/C35H40ClN9O3/c1-41(2)34(48)25-9-5-24(6-10-25)21-43-16-17-44-29(35(43)13-4-14-35)30(36)40-31(44)33(47)37-19-23-7-11-26(12-8-23)39-32(46)27-20-38-45-18-15-42(3)22-28(27)45/h5-12,20H,4,13-19,21-22H2,1-3H3,(H,37,47)(H,39,46). The molecule has 2 aromatic heterocycles. The van der Waals surface area contributed by atoms with Crippen LogP contribution in [0.3, 0.4) is 0 Å². The molecule has 2 aromatic carbocycles. The van der Waals surface area contributed by atoms with Crippen LogP contribution < -0.4 is 10.6 Å². The number of likely N-dealkylation sites (N-methyl/N-ethyl adjacent to an activating group) is 1. The fraction of sp³-hybridized carbons (Fsp3) is 0.400. The molecule has 3 aliphatic rings. The highest BCUT2D eigenvalue weighted by Crippen LogP contribution is 2.51. The van der Waals surface area contributed by atoms with Gasteiger partial charge in [0.15, 0.2) is 5.15 Å². The third-order valence-electron chi connectivity index (χ3n) is 9.90. The molecule has 0 unspecified atom stereocenters. The van der Waals surface area contributed by atoms with Crippen LogP contribution in [0.15, 0.2) is 54.7 Å². The number of carbonyl (C=O) groups excluding carboxylic acids is 3. The van der Waals surface area contributed by atoms with Gasteiger partial charge in [-0.05, 0) is 61.7 Å². The summed E-state index contributed by atoms with van der Waals surface area (Å²) in [5, 5.41) is 10.7. The van der Waals surface area contributed by atoms with Crippen molar-refractivity contribution in [3.05, 3.63) is 99.3 Å². The quantitative estimate of drug-likeness (QED) is 0.292. The summed E-state index contributed by atoms with van der Waals surface area (Å²) in [6.45, 7) is 4.73. The predicted octanol–water partition coefficient (Wildman–Crippen LogP) is 3.96. The van der Waals surface area contributed by atoms with Crippen molar-refractivity contribution in [1.82, 2.24) is 39.3 Å². The topological polar surface area (TPSA) is 121 Å².